The lowest BCUT2D eigenvalue weighted by Crippen LogP contribution is -2.13. The van der Waals surface area contributed by atoms with Crippen molar-refractivity contribution in [2.45, 2.75) is 13.0 Å². The Bertz CT molecular complexity index is 481. The molecule has 0 radical (unpaired) electrons. The van der Waals surface area contributed by atoms with Crippen molar-refractivity contribution in [3.05, 3.63) is 17.7 Å². The molecule has 1 rings (SSSR count). The smallest absolute Gasteiger partial charge is 0.339 e. The van der Waals surface area contributed by atoms with Crippen molar-refractivity contribution in [1.82, 2.24) is 0 Å². The van der Waals surface area contributed by atoms with Gasteiger partial charge in [0.1, 0.15) is 6.07 Å². The van der Waals surface area contributed by atoms with Crippen molar-refractivity contribution in [1.29, 1.82) is 5.26 Å². The predicted molar refractivity (Wildman–Crippen MR) is 66.6 cm³/mol. The van der Waals surface area contributed by atoms with E-state index in [1.165, 1.54) is 40.4 Å². The Labute approximate surface area is 111 Å². The molecule has 0 aliphatic rings. The molecule has 0 spiro atoms. The maximum Gasteiger partial charge on any atom is 0.339 e. The fourth-order valence-corrected chi connectivity index (χ4v) is 1.45. The zero-order chi connectivity index (χ0) is 14.4. The fraction of sp³-hybridized carbons (Fsp3) is 0.385. The van der Waals surface area contributed by atoms with Crippen LogP contribution in [0.3, 0.4) is 0 Å². The first-order valence-corrected chi connectivity index (χ1v) is 5.48. The molecule has 6 nitrogen and oxygen atoms in total. The summed E-state index contributed by atoms with van der Waals surface area (Å²) in [5.41, 5.74) is 0.219. The second-order valence-electron chi connectivity index (χ2n) is 3.59. The Balaban J connectivity index is 3.16. The number of benzene rings is 1. The van der Waals surface area contributed by atoms with Crippen molar-refractivity contribution >= 4 is 5.97 Å². The highest BCUT2D eigenvalue weighted by molar-refractivity contribution is 5.91. The van der Waals surface area contributed by atoms with Gasteiger partial charge in [-0.3, -0.25) is 0 Å². The number of carbonyl (C=O) groups is 1. The van der Waals surface area contributed by atoms with E-state index in [2.05, 4.69) is 0 Å². The Kier molecular flexibility index (Phi) is 5.01. The van der Waals surface area contributed by atoms with Crippen LogP contribution in [0.4, 0.5) is 0 Å². The molecule has 0 N–H and O–H groups in total. The molecule has 1 aromatic rings. The van der Waals surface area contributed by atoms with E-state index in [1.807, 2.05) is 6.07 Å². The number of ether oxygens (including phenoxy) is 4. The maximum atomic E-state index is 11.8. The number of methoxy groups -OCH3 is 3. The van der Waals surface area contributed by atoms with Gasteiger partial charge in [-0.15, -0.1) is 0 Å². The van der Waals surface area contributed by atoms with E-state index in [9.17, 15) is 4.79 Å². The molecule has 0 unspecified atom stereocenters. The predicted octanol–water partition coefficient (Wildman–Crippen LogP) is 1.78. The number of rotatable bonds is 5. The van der Waals surface area contributed by atoms with Crippen molar-refractivity contribution in [2.75, 3.05) is 21.3 Å². The van der Waals surface area contributed by atoms with Crippen molar-refractivity contribution in [3.63, 3.8) is 0 Å². The number of carbonyl (C=O) groups excluding carboxylic acids is 1. The Morgan fingerprint density at radius 2 is 1.68 bits per heavy atom. The number of nitrogens with zero attached hydrogens (tertiary/aromatic N) is 1. The lowest BCUT2D eigenvalue weighted by atomic mass is 10.2. The van der Waals surface area contributed by atoms with Crippen LogP contribution >= 0.6 is 0 Å². The van der Waals surface area contributed by atoms with Gasteiger partial charge in [0.2, 0.25) is 5.75 Å². The Morgan fingerprint density at radius 1 is 1.16 bits per heavy atom. The van der Waals surface area contributed by atoms with Gasteiger partial charge < -0.3 is 18.9 Å². The highest BCUT2D eigenvalue weighted by Gasteiger charge is 2.19. The van der Waals surface area contributed by atoms with Gasteiger partial charge in [-0.25, -0.2) is 4.79 Å². The summed E-state index contributed by atoms with van der Waals surface area (Å²) >= 11 is 0. The standard InChI is InChI=1S/C13H15NO5/c1-8(7-14)19-13(15)9-5-10(16-2)12(18-4)11(6-9)17-3/h5-6,8H,1-4H3/t8-/m0/s1. The lowest BCUT2D eigenvalue weighted by Gasteiger charge is -2.14. The third-order valence-corrected chi connectivity index (χ3v) is 2.37. The lowest BCUT2D eigenvalue weighted by molar-refractivity contribution is 0.0434. The number of nitriles is 1. The van der Waals surface area contributed by atoms with Gasteiger partial charge in [0.15, 0.2) is 17.6 Å². The number of esters is 1. The zero-order valence-corrected chi connectivity index (χ0v) is 11.2. The minimum absolute atomic E-state index is 0.219. The first-order valence-electron chi connectivity index (χ1n) is 5.48. The molecule has 0 saturated heterocycles. The van der Waals surface area contributed by atoms with Gasteiger partial charge in [-0.2, -0.15) is 5.26 Å². The van der Waals surface area contributed by atoms with E-state index in [4.69, 9.17) is 24.2 Å². The van der Waals surface area contributed by atoms with Crippen LogP contribution in [0.5, 0.6) is 17.2 Å². The molecule has 0 aromatic heterocycles. The molecular formula is C13H15NO5. The van der Waals surface area contributed by atoms with Crippen LogP contribution in [0, 0.1) is 11.3 Å². The molecule has 1 atom stereocenters. The zero-order valence-electron chi connectivity index (χ0n) is 11.2. The summed E-state index contributed by atoms with van der Waals surface area (Å²) in [5, 5.41) is 8.62. The molecular weight excluding hydrogens is 250 g/mol. The molecule has 102 valence electrons. The van der Waals surface area contributed by atoms with Gasteiger partial charge in [-0.1, -0.05) is 0 Å². The number of hydrogen-bond donors (Lipinski definition) is 0. The summed E-state index contributed by atoms with van der Waals surface area (Å²) in [4.78, 5) is 11.8. The largest absolute Gasteiger partial charge is 0.493 e. The molecule has 0 amide bonds. The second-order valence-corrected chi connectivity index (χ2v) is 3.59. The highest BCUT2D eigenvalue weighted by atomic mass is 16.5. The first-order chi connectivity index (χ1) is 9.07. The average Bonchev–Trinajstić information content (AvgIpc) is 2.44. The molecule has 19 heavy (non-hydrogen) atoms. The molecule has 0 heterocycles. The highest BCUT2D eigenvalue weighted by Crippen LogP contribution is 2.38. The minimum Gasteiger partial charge on any atom is -0.493 e. The second kappa shape index (κ2) is 6.50. The van der Waals surface area contributed by atoms with Crippen molar-refractivity contribution < 1.29 is 23.7 Å². The summed E-state index contributed by atoms with van der Waals surface area (Å²) < 4.78 is 20.3. The molecule has 1 aromatic carbocycles. The first kappa shape index (κ1) is 14.6. The van der Waals surface area contributed by atoms with Crippen LogP contribution in [0.1, 0.15) is 17.3 Å². The van der Waals surface area contributed by atoms with Crippen LogP contribution in [-0.2, 0) is 4.74 Å². The van der Waals surface area contributed by atoms with E-state index in [0.717, 1.165) is 0 Å². The summed E-state index contributed by atoms with van der Waals surface area (Å²) in [6.45, 7) is 1.48. The quantitative estimate of drug-likeness (QED) is 0.755. The van der Waals surface area contributed by atoms with Gasteiger partial charge in [-0.05, 0) is 19.1 Å². The average molecular weight is 265 g/mol. The molecule has 0 aliphatic carbocycles. The molecule has 0 fully saturated rings. The summed E-state index contributed by atoms with van der Waals surface area (Å²) in [7, 11) is 4.37. The monoisotopic (exact) mass is 265 g/mol. The maximum absolute atomic E-state index is 11.8. The summed E-state index contributed by atoms with van der Waals surface area (Å²) in [5.74, 6) is 0.444. The van der Waals surface area contributed by atoms with E-state index in [-0.39, 0.29) is 5.56 Å². The van der Waals surface area contributed by atoms with Crippen LogP contribution < -0.4 is 14.2 Å². The van der Waals surface area contributed by atoms with Crippen molar-refractivity contribution in [3.8, 4) is 23.3 Å². The number of hydrogen-bond acceptors (Lipinski definition) is 6. The van der Waals surface area contributed by atoms with Gasteiger partial charge in [0.25, 0.3) is 0 Å². The third-order valence-electron chi connectivity index (χ3n) is 2.37. The normalized spacial score (nSPS) is 11.1. The molecule has 6 heteroatoms. The SMILES string of the molecule is COc1cc(C(=O)O[C@@H](C)C#N)cc(OC)c1OC. The van der Waals surface area contributed by atoms with Gasteiger partial charge >= 0.3 is 5.97 Å². The third kappa shape index (κ3) is 3.28. The van der Waals surface area contributed by atoms with E-state index < -0.39 is 12.1 Å². The van der Waals surface area contributed by atoms with Gasteiger partial charge in [0, 0.05) is 0 Å². The summed E-state index contributed by atoms with van der Waals surface area (Å²) in [6.07, 6.45) is -0.827. The van der Waals surface area contributed by atoms with Crippen LogP contribution in [-0.4, -0.2) is 33.4 Å². The molecule has 0 bridgehead atoms. The topological polar surface area (TPSA) is 77.8 Å². The van der Waals surface area contributed by atoms with E-state index in [0.29, 0.717) is 17.2 Å². The van der Waals surface area contributed by atoms with Crippen LogP contribution in [0.25, 0.3) is 0 Å². The van der Waals surface area contributed by atoms with Crippen LogP contribution in [0.2, 0.25) is 0 Å². The van der Waals surface area contributed by atoms with E-state index in [1.54, 1.807) is 0 Å². The fourth-order valence-electron chi connectivity index (χ4n) is 1.45. The molecule has 0 aliphatic heterocycles. The minimum atomic E-state index is -0.827. The Morgan fingerprint density at radius 3 is 2.05 bits per heavy atom. The van der Waals surface area contributed by atoms with Crippen molar-refractivity contribution in [2.24, 2.45) is 0 Å². The van der Waals surface area contributed by atoms with E-state index >= 15 is 0 Å². The Hall–Kier alpha value is -2.42. The summed E-state index contributed by atoms with van der Waals surface area (Å²) in [6, 6.07) is 4.75. The van der Waals surface area contributed by atoms with Crippen LogP contribution in [0.15, 0.2) is 12.1 Å². The van der Waals surface area contributed by atoms with Gasteiger partial charge in [0.05, 0.1) is 26.9 Å². The molecule has 0 saturated carbocycles.